The Balaban J connectivity index is 1.29. The van der Waals surface area contributed by atoms with Crippen LogP contribution >= 0.6 is 0 Å². The zero-order chi connectivity index (χ0) is 26.6. The summed E-state index contributed by atoms with van der Waals surface area (Å²) in [6, 6.07) is 6.42. The van der Waals surface area contributed by atoms with Crippen LogP contribution in [0.3, 0.4) is 0 Å². The summed E-state index contributed by atoms with van der Waals surface area (Å²) in [4.78, 5) is 30.6. The van der Waals surface area contributed by atoms with Crippen LogP contribution in [0.2, 0.25) is 0 Å². The lowest BCUT2D eigenvalue weighted by atomic mass is 10.1. The standard InChI is InChI=1S/C27H34FN7O3/c28-21-16-23(18-30-17-21)38-15-14-35(13-9-24(27(36)37)34-25-8-11-29-19-32-25)12-2-1-5-22-7-6-20-4-3-10-31-26(20)33-22/h6-8,11,16-19,24H,1-5,9-10,12-15H2,(H,31,33)(H,36,37)(H,29,32,34). The molecular formula is C27H34FN7O3. The molecule has 0 bridgehead atoms. The molecule has 1 unspecified atom stereocenters. The van der Waals surface area contributed by atoms with E-state index in [1.807, 2.05) is 0 Å². The molecule has 11 heteroatoms. The molecule has 4 heterocycles. The molecule has 38 heavy (non-hydrogen) atoms. The van der Waals surface area contributed by atoms with E-state index in [9.17, 15) is 14.3 Å². The monoisotopic (exact) mass is 523 g/mol. The van der Waals surface area contributed by atoms with Crippen molar-refractivity contribution in [1.82, 2.24) is 24.8 Å². The van der Waals surface area contributed by atoms with Gasteiger partial charge in [0.1, 0.15) is 42.2 Å². The third-order valence-corrected chi connectivity index (χ3v) is 6.40. The molecular weight excluding hydrogens is 489 g/mol. The van der Waals surface area contributed by atoms with Crippen LogP contribution < -0.4 is 15.4 Å². The van der Waals surface area contributed by atoms with Crippen molar-refractivity contribution in [2.75, 3.05) is 43.4 Å². The third-order valence-electron chi connectivity index (χ3n) is 6.40. The highest BCUT2D eigenvalue weighted by Gasteiger charge is 2.19. The Morgan fingerprint density at radius 2 is 2.11 bits per heavy atom. The van der Waals surface area contributed by atoms with Gasteiger partial charge in [-0.3, -0.25) is 9.88 Å². The Kier molecular flexibility index (Phi) is 10.1. The molecule has 3 aromatic rings. The highest BCUT2D eigenvalue weighted by atomic mass is 19.1. The van der Waals surface area contributed by atoms with Gasteiger partial charge in [0.2, 0.25) is 0 Å². The van der Waals surface area contributed by atoms with Crippen LogP contribution in [0.4, 0.5) is 16.0 Å². The normalized spacial score (nSPS) is 13.4. The maximum Gasteiger partial charge on any atom is 0.326 e. The van der Waals surface area contributed by atoms with Crippen LogP contribution in [0.5, 0.6) is 5.75 Å². The number of nitrogens with one attached hydrogen (secondary N) is 2. The summed E-state index contributed by atoms with van der Waals surface area (Å²) in [6.07, 6.45) is 10.9. The van der Waals surface area contributed by atoms with Crippen LogP contribution in [0.25, 0.3) is 0 Å². The number of aromatic nitrogens is 4. The van der Waals surface area contributed by atoms with E-state index in [2.05, 4.69) is 42.6 Å². The Labute approximate surface area is 221 Å². The number of nitrogens with zero attached hydrogens (tertiary/aromatic N) is 5. The zero-order valence-electron chi connectivity index (χ0n) is 21.4. The number of pyridine rings is 2. The molecule has 1 aliphatic rings. The smallest absolute Gasteiger partial charge is 0.326 e. The number of aryl methyl sites for hydroxylation is 2. The van der Waals surface area contributed by atoms with Crippen molar-refractivity contribution in [2.45, 2.75) is 44.6 Å². The lowest BCUT2D eigenvalue weighted by Gasteiger charge is -2.24. The number of fused-ring (bicyclic) bond motifs is 1. The lowest BCUT2D eigenvalue weighted by molar-refractivity contribution is -0.138. The first-order valence-corrected chi connectivity index (χ1v) is 13.0. The van der Waals surface area contributed by atoms with Crippen LogP contribution in [0.15, 0.2) is 49.2 Å². The largest absolute Gasteiger partial charge is 0.491 e. The predicted octanol–water partition coefficient (Wildman–Crippen LogP) is 3.42. The summed E-state index contributed by atoms with van der Waals surface area (Å²) >= 11 is 0. The second kappa shape index (κ2) is 14.2. The summed E-state index contributed by atoms with van der Waals surface area (Å²) < 4.78 is 19.1. The molecule has 0 aromatic carbocycles. The van der Waals surface area contributed by atoms with Gasteiger partial charge in [-0.05, 0) is 62.8 Å². The summed E-state index contributed by atoms with van der Waals surface area (Å²) in [5.41, 5.74) is 2.36. The number of carbonyl (C=O) groups is 1. The molecule has 0 radical (unpaired) electrons. The number of rotatable bonds is 15. The van der Waals surface area contributed by atoms with E-state index in [0.717, 1.165) is 62.9 Å². The number of halogens is 1. The Bertz CT molecular complexity index is 1170. The Morgan fingerprint density at radius 3 is 2.92 bits per heavy atom. The first-order valence-electron chi connectivity index (χ1n) is 13.0. The fourth-order valence-corrected chi connectivity index (χ4v) is 4.37. The van der Waals surface area contributed by atoms with Gasteiger partial charge >= 0.3 is 5.97 Å². The van der Waals surface area contributed by atoms with Crippen molar-refractivity contribution in [3.63, 3.8) is 0 Å². The number of unbranched alkanes of at least 4 members (excludes halogenated alkanes) is 1. The number of ether oxygens (including phenoxy) is 1. The summed E-state index contributed by atoms with van der Waals surface area (Å²) in [7, 11) is 0. The van der Waals surface area contributed by atoms with Gasteiger partial charge in [0.15, 0.2) is 0 Å². The molecule has 0 spiro atoms. The van der Waals surface area contributed by atoms with Gasteiger partial charge in [-0.25, -0.2) is 24.1 Å². The fraction of sp³-hybridized carbons (Fsp3) is 0.444. The molecule has 0 fully saturated rings. The van der Waals surface area contributed by atoms with Crippen molar-refractivity contribution in [1.29, 1.82) is 0 Å². The number of carboxylic acids is 1. The number of carboxylic acid groups (broad SMARTS) is 1. The van der Waals surface area contributed by atoms with E-state index in [4.69, 9.17) is 9.72 Å². The van der Waals surface area contributed by atoms with Gasteiger partial charge < -0.3 is 20.5 Å². The molecule has 1 atom stereocenters. The molecule has 0 saturated carbocycles. The summed E-state index contributed by atoms with van der Waals surface area (Å²) in [5.74, 6) is 0.442. The molecule has 0 saturated heterocycles. The van der Waals surface area contributed by atoms with Gasteiger partial charge in [-0.15, -0.1) is 0 Å². The Hall–Kier alpha value is -3.86. The third kappa shape index (κ3) is 8.62. The molecule has 4 rings (SSSR count). The van der Waals surface area contributed by atoms with Crippen LogP contribution in [-0.4, -0.2) is 74.7 Å². The zero-order valence-corrected chi connectivity index (χ0v) is 21.4. The molecule has 3 aromatic heterocycles. The molecule has 10 nitrogen and oxygen atoms in total. The highest BCUT2D eigenvalue weighted by molar-refractivity contribution is 5.76. The number of hydrogen-bond donors (Lipinski definition) is 3. The summed E-state index contributed by atoms with van der Waals surface area (Å²) in [6.45, 7) is 3.18. The van der Waals surface area contributed by atoms with Gasteiger partial charge in [-0.2, -0.15) is 0 Å². The summed E-state index contributed by atoms with van der Waals surface area (Å²) in [5, 5.41) is 16.1. The van der Waals surface area contributed by atoms with Gasteiger partial charge in [0.25, 0.3) is 0 Å². The van der Waals surface area contributed by atoms with Gasteiger partial charge in [0.05, 0.1) is 12.4 Å². The van der Waals surface area contributed by atoms with Crippen molar-refractivity contribution in [3.8, 4) is 5.75 Å². The molecule has 1 aliphatic heterocycles. The Morgan fingerprint density at radius 1 is 1.18 bits per heavy atom. The fourth-order valence-electron chi connectivity index (χ4n) is 4.37. The predicted molar refractivity (Wildman–Crippen MR) is 142 cm³/mol. The van der Waals surface area contributed by atoms with Crippen LogP contribution in [0.1, 0.15) is 36.9 Å². The maximum atomic E-state index is 13.4. The average molecular weight is 524 g/mol. The molecule has 3 N–H and O–H groups in total. The lowest BCUT2D eigenvalue weighted by Crippen LogP contribution is -2.37. The average Bonchev–Trinajstić information content (AvgIpc) is 2.93. The van der Waals surface area contributed by atoms with E-state index >= 15 is 0 Å². The minimum atomic E-state index is -0.947. The van der Waals surface area contributed by atoms with Crippen molar-refractivity contribution < 1.29 is 19.0 Å². The first-order chi connectivity index (χ1) is 18.6. The van der Waals surface area contributed by atoms with E-state index < -0.39 is 17.8 Å². The topological polar surface area (TPSA) is 125 Å². The van der Waals surface area contributed by atoms with Crippen molar-refractivity contribution >= 4 is 17.6 Å². The van der Waals surface area contributed by atoms with E-state index in [1.165, 1.54) is 24.2 Å². The number of anilines is 2. The highest BCUT2D eigenvalue weighted by Crippen LogP contribution is 2.20. The van der Waals surface area contributed by atoms with E-state index in [0.29, 0.717) is 37.7 Å². The van der Waals surface area contributed by atoms with Gasteiger partial charge in [0, 0.05) is 37.6 Å². The van der Waals surface area contributed by atoms with E-state index in [1.54, 1.807) is 12.3 Å². The quantitative estimate of drug-likeness (QED) is 0.255. The van der Waals surface area contributed by atoms with Crippen LogP contribution in [0, 0.1) is 5.82 Å². The maximum absolute atomic E-state index is 13.4. The minimum Gasteiger partial charge on any atom is -0.491 e. The van der Waals surface area contributed by atoms with Gasteiger partial charge in [-0.1, -0.05) is 6.07 Å². The number of aliphatic carboxylic acids is 1. The van der Waals surface area contributed by atoms with E-state index in [-0.39, 0.29) is 0 Å². The number of hydrogen-bond acceptors (Lipinski definition) is 9. The molecule has 0 aliphatic carbocycles. The van der Waals surface area contributed by atoms with Crippen molar-refractivity contribution in [2.24, 2.45) is 0 Å². The molecule has 202 valence electrons. The second-order valence-corrected chi connectivity index (χ2v) is 9.25. The molecule has 0 amide bonds. The SMILES string of the molecule is O=C(O)C(CCN(CCCCc1ccc2c(n1)NCCC2)CCOc1cncc(F)c1)Nc1ccncn1. The second-order valence-electron chi connectivity index (χ2n) is 9.25. The van der Waals surface area contributed by atoms with Crippen molar-refractivity contribution in [3.05, 3.63) is 66.3 Å². The minimum absolute atomic E-state index is 0.334. The van der Waals surface area contributed by atoms with Crippen LogP contribution in [-0.2, 0) is 17.6 Å². The first kappa shape index (κ1) is 27.2.